The maximum Gasteiger partial charge on any atom is 0.254 e. The highest BCUT2D eigenvalue weighted by Gasteiger charge is 2.27. The zero-order valence-electron chi connectivity index (χ0n) is 11.2. The van der Waals surface area contributed by atoms with Crippen molar-refractivity contribution in [3.8, 4) is 0 Å². The highest BCUT2D eigenvalue weighted by Crippen LogP contribution is 2.26. The van der Waals surface area contributed by atoms with Gasteiger partial charge in [-0.3, -0.25) is 4.79 Å². The van der Waals surface area contributed by atoms with E-state index in [0.717, 1.165) is 41.4 Å². The fraction of sp³-hybridized carbons (Fsp3) is 0.533. The number of hydrogen-bond acceptors (Lipinski definition) is 1. The maximum absolute atomic E-state index is 12.7. The van der Waals surface area contributed by atoms with Gasteiger partial charge in [-0.2, -0.15) is 0 Å². The summed E-state index contributed by atoms with van der Waals surface area (Å²) in [6.45, 7) is 2.84. The summed E-state index contributed by atoms with van der Waals surface area (Å²) in [5.41, 5.74) is 1.82. The Morgan fingerprint density at radius 3 is 3.00 bits per heavy atom. The molecule has 0 N–H and O–H groups in total. The van der Waals surface area contributed by atoms with Crippen LogP contribution < -0.4 is 0 Å². The second kappa shape index (κ2) is 6.76. The minimum Gasteiger partial charge on any atom is -0.336 e. The van der Waals surface area contributed by atoms with Crippen molar-refractivity contribution in [2.45, 2.75) is 38.6 Å². The van der Waals surface area contributed by atoms with Gasteiger partial charge in [-0.1, -0.05) is 22.0 Å². The normalized spacial score (nSPS) is 19.5. The van der Waals surface area contributed by atoms with Gasteiger partial charge in [0.2, 0.25) is 0 Å². The second-order valence-electron chi connectivity index (χ2n) is 5.04. The number of carbonyl (C=O) groups excluding carboxylic acids is 1. The molecule has 1 heterocycles. The molecule has 4 heteroatoms. The van der Waals surface area contributed by atoms with E-state index in [9.17, 15) is 4.79 Å². The Kier molecular flexibility index (Phi) is 5.28. The Morgan fingerprint density at radius 1 is 1.47 bits per heavy atom. The molecule has 1 fully saturated rings. The van der Waals surface area contributed by atoms with Gasteiger partial charge in [0.05, 0.1) is 0 Å². The Hall–Kier alpha value is -0.540. The Bertz CT molecular complexity index is 461. The van der Waals surface area contributed by atoms with Gasteiger partial charge in [0.25, 0.3) is 5.91 Å². The topological polar surface area (TPSA) is 20.3 Å². The first-order valence-corrected chi connectivity index (χ1v) is 8.10. The van der Waals surface area contributed by atoms with E-state index in [1.165, 1.54) is 6.42 Å². The molecule has 1 unspecified atom stereocenters. The van der Waals surface area contributed by atoms with E-state index in [2.05, 4.69) is 15.9 Å². The SMILES string of the molecule is Cc1c(Br)cccc1C(=O)N1CCCCC1CCCl. The predicted octanol–water partition coefficient (Wildman–Crippen LogP) is 4.38. The summed E-state index contributed by atoms with van der Waals surface area (Å²) < 4.78 is 0.990. The van der Waals surface area contributed by atoms with Crippen LogP contribution in [-0.2, 0) is 0 Å². The molecule has 2 nitrogen and oxygen atoms in total. The van der Waals surface area contributed by atoms with E-state index in [1.54, 1.807) is 0 Å². The number of hydrogen-bond donors (Lipinski definition) is 0. The summed E-state index contributed by atoms with van der Waals surface area (Å²) in [5.74, 6) is 0.764. The zero-order valence-corrected chi connectivity index (χ0v) is 13.5. The summed E-state index contributed by atoms with van der Waals surface area (Å²) in [5, 5.41) is 0. The molecule has 19 heavy (non-hydrogen) atoms. The number of likely N-dealkylation sites (tertiary alicyclic amines) is 1. The molecule has 1 saturated heterocycles. The van der Waals surface area contributed by atoms with Crippen LogP contribution in [0.2, 0.25) is 0 Å². The molecule has 2 rings (SSSR count). The van der Waals surface area contributed by atoms with Crippen LogP contribution in [0.1, 0.15) is 41.6 Å². The van der Waals surface area contributed by atoms with Crippen LogP contribution in [-0.4, -0.2) is 29.3 Å². The van der Waals surface area contributed by atoms with Crippen LogP contribution >= 0.6 is 27.5 Å². The molecule has 0 aliphatic carbocycles. The lowest BCUT2D eigenvalue weighted by Gasteiger charge is -2.36. The quantitative estimate of drug-likeness (QED) is 0.745. The highest BCUT2D eigenvalue weighted by atomic mass is 79.9. The van der Waals surface area contributed by atoms with Gasteiger partial charge < -0.3 is 4.90 Å². The van der Waals surface area contributed by atoms with Crippen LogP contribution in [0.3, 0.4) is 0 Å². The molecule has 0 saturated carbocycles. The Balaban J connectivity index is 2.23. The molecule has 104 valence electrons. The lowest BCUT2D eigenvalue weighted by molar-refractivity contribution is 0.0608. The molecule has 1 atom stereocenters. The summed E-state index contributed by atoms with van der Waals surface area (Å²) >= 11 is 9.35. The Morgan fingerprint density at radius 2 is 2.26 bits per heavy atom. The summed E-state index contributed by atoms with van der Waals surface area (Å²) in [6.07, 6.45) is 4.26. The van der Waals surface area contributed by atoms with Crippen molar-refractivity contribution < 1.29 is 4.79 Å². The van der Waals surface area contributed by atoms with E-state index in [1.807, 2.05) is 30.0 Å². The van der Waals surface area contributed by atoms with Crippen molar-refractivity contribution in [3.05, 3.63) is 33.8 Å². The maximum atomic E-state index is 12.7. The van der Waals surface area contributed by atoms with Crippen LogP contribution in [0.15, 0.2) is 22.7 Å². The standard InChI is InChI=1S/C15H19BrClNO/c1-11-13(6-4-7-14(11)16)15(19)18-10-3-2-5-12(18)8-9-17/h4,6-7,12H,2-3,5,8-10H2,1H3. The van der Waals surface area contributed by atoms with E-state index in [0.29, 0.717) is 11.9 Å². The largest absolute Gasteiger partial charge is 0.336 e. The van der Waals surface area contributed by atoms with Gasteiger partial charge in [0.1, 0.15) is 0 Å². The fourth-order valence-corrected chi connectivity index (χ4v) is 3.31. The number of piperidine rings is 1. The lowest BCUT2D eigenvalue weighted by Crippen LogP contribution is -2.44. The van der Waals surface area contributed by atoms with Crippen LogP contribution in [0.4, 0.5) is 0 Å². The number of amides is 1. The number of rotatable bonds is 3. The van der Waals surface area contributed by atoms with Crippen molar-refractivity contribution in [2.75, 3.05) is 12.4 Å². The molecule has 1 amide bonds. The molecule has 1 aromatic carbocycles. The number of benzene rings is 1. The van der Waals surface area contributed by atoms with E-state index in [-0.39, 0.29) is 5.91 Å². The van der Waals surface area contributed by atoms with Crippen molar-refractivity contribution in [2.24, 2.45) is 0 Å². The lowest BCUT2D eigenvalue weighted by atomic mass is 9.98. The highest BCUT2D eigenvalue weighted by molar-refractivity contribution is 9.10. The number of alkyl halides is 1. The first-order chi connectivity index (χ1) is 9.15. The van der Waals surface area contributed by atoms with E-state index >= 15 is 0 Å². The van der Waals surface area contributed by atoms with Gasteiger partial charge in [-0.15, -0.1) is 11.6 Å². The summed E-state index contributed by atoms with van der Waals surface area (Å²) in [4.78, 5) is 14.7. The summed E-state index contributed by atoms with van der Waals surface area (Å²) in [7, 11) is 0. The van der Waals surface area contributed by atoms with Crippen molar-refractivity contribution in [1.29, 1.82) is 0 Å². The average Bonchev–Trinajstić information content (AvgIpc) is 2.42. The van der Waals surface area contributed by atoms with Crippen molar-refractivity contribution in [1.82, 2.24) is 4.90 Å². The third-order valence-electron chi connectivity index (χ3n) is 3.83. The fourth-order valence-electron chi connectivity index (χ4n) is 2.69. The molecular weight excluding hydrogens is 326 g/mol. The first-order valence-electron chi connectivity index (χ1n) is 6.77. The summed E-state index contributed by atoms with van der Waals surface area (Å²) in [6, 6.07) is 6.11. The van der Waals surface area contributed by atoms with E-state index in [4.69, 9.17) is 11.6 Å². The molecule has 1 aliphatic rings. The van der Waals surface area contributed by atoms with E-state index < -0.39 is 0 Å². The third-order valence-corrected chi connectivity index (χ3v) is 4.91. The zero-order chi connectivity index (χ0) is 13.8. The number of nitrogens with zero attached hydrogens (tertiary/aromatic N) is 1. The van der Waals surface area contributed by atoms with Crippen LogP contribution in [0.25, 0.3) is 0 Å². The minimum atomic E-state index is 0.147. The molecular formula is C15H19BrClNO. The smallest absolute Gasteiger partial charge is 0.254 e. The molecule has 1 aromatic rings. The predicted molar refractivity (Wildman–Crippen MR) is 82.9 cm³/mol. The average molecular weight is 345 g/mol. The van der Waals surface area contributed by atoms with Crippen LogP contribution in [0, 0.1) is 6.92 Å². The molecule has 1 aliphatic heterocycles. The number of halogens is 2. The van der Waals surface area contributed by atoms with Gasteiger partial charge >= 0.3 is 0 Å². The third kappa shape index (κ3) is 3.32. The number of carbonyl (C=O) groups is 1. The first kappa shape index (κ1) is 14.9. The van der Waals surface area contributed by atoms with Gasteiger partial charge in [-0.05, 0) is 50.3 Å². The Labute approximate surface area is 128 Å². The molecule has 0 spiro atoms. The van der Waals surface area contributed by atoms with Crippen LogP contribution in [0.5, 0.6) is 0 Å². The monoisotopic (exact) mass is 343 g/mol. The second-order valence-corrected chi connectivity index (χ2v) is 6.27. The van der Waals surface area contributed by atoms with Gasteiger partial charge in [-0.25, -0.2) is 0 Å². The van der Waals surface area contributed by atoms with Crippen molar-refractivity contribution in [3.63, 3.8) is 0 Å². The van der Waals surface area contributed by atoms with Gasteiger partial charge in [0.15, 0.2) is 0 Å². The van der Waals surface area contributed by atoms with Gasteiger partial charge in [0, 0.05) is 28.5 Å². The molecule has 0 radical (unpaired) electrons. The van der Waals surface area contributed by atoms with Crippen molar-refractivity contribution >= 4 is 33.4 Å². The molecule has 0 bridgehead atoms. The minimum absolute atomic E-state index is 0.147. The molecule has 0 aromatic heterocycles.